The number of rotatable bonds is 2. The van der Waals surface area contributed by atoms with Gasteiger partial charge >= 0.3 is 0 Å². The highest BCUT2D eigenvalue weighted by atomic mass is 32.2. The Bertz CT molecular complexity index is 371. The first kappa shape index (κ1) is 9.92. The molecule has 1 aromatic rings. The van der Waals surface area contributed by atoms with Crippen molar-refractivity contribution >= 4 is 26.3 Å². The summed E-state index contributed by atoms with van der Waals surface area (Å²) < 4.78 is 22.3. The van der Waals surface area contributed by atoms with Crippen LogP contribution in [0.25, 0.3) is 0 Å². The molecule has 0 radical (unpaired) electrons. The van der Waals surface area contributed by atoms with E-state index in [1.165, 1.54) is 0 Å². The number of thiazole rings is 1. The fraction of sp³-hybridized carbons (Fsp3) is 0.625. The molecule has 0 aromatic carbocycles. The van der Waals surface area contributed by atoms with E-state index in [4.69, 9.17) is 0 Å². The van der Waals surface area contributed by atoms with Gasteiger partial charge in [-0.3, -0.25) is 0 Å². The molecular weight excluding hydrogens is 220 g/mol. The molecule has 0 atom stereocenters. The van der Waals surface area contributed by atoms with Crippen LogP contribution in [-0.2, 0) is 9.84 Å². The average Bonchev–Trinajstić information content (AvgIpc) is 2.61. The number of hydrogen-bond acceptors (Lipinski definition) is 5. The summed E-state index contributed by atoms with van der Waals surface area (Å²) in [5.41, 5.74) is 0. The summed E-state index contributed by atoms with van der Waals surface area (Å²) in [6.45, 7) is 0. The lowest BCUT2D eigenvalue weighted by atomic mass is 10.2. The van der Waals surface area contributed by atoms with Crippen molar-refractivity contribution in [1.82, 2.24) is 4.98 Å². The molecule has 1 aliphatic rings. The van der Waals surface area contributed by atoms with E-state index in [2.05, 4.69) is 10.3 Å². The lowest BCUT2D eigenvalue weighted by Crippen LogP contribution is -2.32. The van der Waals surface area contributed by atoms with Gasteiger partial charge in [-0.2, -0.15) is 0 Å². The Balaban J connectivity index is 1.91. The van der Waals surface area contributed by atoms with E-state index >= 15 is 0 Å². The van der Waals surface area contributed by atoms with E-state index in [1.54, 1.807) is 17.5 Å². The van der Waals surface area contributed by atoms with Crippen LogP contribution in [0.1, 0.15) is 12.8 Å². The number of sulfone groups is 1. The van der Waals surface area contributed by atoms with E-state index < -0.39 is 9.84 Å². The number of nitrogens with zero attached hydrogens (tertiary/aromatic N) is 1. The first-order valence-corrected chi connectivity index (χ1v) is 7.22. The molecule has 14 heavy (non-hydrogen) atoms. The maximum atomic E-state index is 11.2. The maximum Gasteiger partial charge on any atom is 0.182 e. The molecule has 1 aliphatic heterocycles. The molecule has 0 saturated carbocycles. The Labute approximate surface area is 87.3 Å². The highest BCUT2D eigenvalue weighted by Gasteiger charge is 2.23. The third-order valence-corrected chi connectivity index (χ3v) is 4.73. The van der Waals surface area contributed by atoms with Gasteiger partial charge in [-0.25, -0.2) is 13.4 Å². The smallest absolute Gasteiger partial charge is 0.182 e. The van der Waals surface area contributed by atoms with Crippen LogP contribution in [0.15, 0.2) is 11.6 Å². The molecule has 6 heteroatoms. The highest BCUT2D eigenvalue weighted by molar-refractivity contribution is 7.91. The van der Waals surface area contributed by atoms with E-state index in [0.29, 0.717) is 24.3 Å². The Kier molecular flexibility index (Phi) is 2.73. The molecule has 1 N–H and O–H groups in total. The van der Waals surface area contributed by atoms with Gasteiger partial charge in [-0.05, 0) is 12.8 Å². The fourth-order valence-corrected chi connectivity index (χ4v) is 3.60. The molecule has 2 rings (SSSR count). The molecule has 0 bridgehead atoms. The van der Waals surface area contributed by atoms with Gasteiger partial charge in [0.25, 0.3) is 0 Å². The minimum atomic E-state index is -2.75. The zero-order valence-electron chi connectivity index (χ0n) is 7.64. The van der Waals surface area contributed by atoms with Crippen molar-refractivity contribution in [2.75, 3.05) is 16.8 Å². The van der Waals surface area contributed by atoms with E-state index in [9.17, 15) is 8.42 Å². The number of hydrogen-bond donors (Lipinski definition) is 1. The minimum absolute atomic E-state index is 0.268. The van der Waals surface area contributed by atoms with Crippen LogP contribution >= 0.6 is 11.3 Å². The average molecular weight is 232 g/mol. The Morgan fingerprint density at radius 3 is 2.71 bits per heavy atom. The van der Waals surface area contributed by atoms with Gasteiger partial charge in [0.1, 0.15) is 9.84 Å². The van der Waals surface area contributed by atoms with Crippen molar-refractivity contribution in [3.63, 3.8) is 0 Å². The molecule has 2 heterocycles. The predicted octanol–water partition coefficient (Wildman–Crippen LogP) is 1.13. The Hall–Kier alpha value is -0.620. The second kappa shape index (κ2) is 3.86. The summed E-state index contributed by atoms with van der Waals surface area (Å²) in [6, 6.07) is 0.268. The van der Waals surface area contributed by atoms with Gasteiger partial charge < -0.3 is 5.32 Å². The molecule has 1 aromatic heterocycles. The van der Waals surface area contributed by atoms with Gasteiger partial charge in [0.15, 0.2) is 5.13 Å². The van der Waals surface area contributed by atoms with Gasteiger partial charge in [-0.15, -0.1) is 11.3 Å². The Morgan fingerprint density at radius 2 is 2.14 bits per heavy atom. The number of nitrogens with one attached hydrogen (secondary N) is 1. The number of aromatic nitrogens is 1. The normalized spacial score (nSPS) is 22.0. The summed E-state index contributed by atoms with van der Waals surface area (Å²) >= 11 is 1.54. The Morgan fingerprint density at radius 1 is 1.43 bits per heavy atom. The van der Waals surface area contributed by atoms with Gasteiger partial charge in [0.2, 0.25) is 0 Å². The number of anilines is 1. The monoisotopic (exact) mass is 232 g/mol. The molecule has 0 amide bonds. The first-order chi connectivity index (χ1) is 6.66. The maximum absolute atomic E-state index is 11.2. The van der Waals surface area contributed by atoms with Crippen LogP contribution in [0, 0.1) is 0 Å². The molecule has 0 unspecified atom stereocenters. The summed E-state index contributed by atoms with van der Waals surface area (Å²) in [5, 5.41) is 6.03. The topological polar surface area (TPSA) is 59.1 Å². The van der Waals surface area contributed by atoms with E-state index in [-0.39, 0.29) is 6.04 Å². The van der Waals surface area contributed by atoms with Crippen molar-refractivity contribution < 1.29 is 8.42 Å². The molecule has 1 saturated heterocycles. The van der Waals surface area contributed by atoms with Gasteiger partial charge in [-0.1, -0.05) is 0 Å². The molecule has 0 spiro atoms. The van der Waals surface area contributed by atoms with Crippen molar-refractivity contribution in [3.8, 4) is 0 Å². The van der Waals surface area contributed by atoms with Crippen molar-refractivity contribution in [2.24, 2.45) is 0 Å². The van der Waals surface area contributed by atoms with Gasteiger partial charge in [0, 0.05) is 17.6 Å². The third-order valence-electron chi connectivity index (χ3n) is 2.31. The molecule has 78 valence electrons. The second-order valence-corrected chi connectivity index (χ2v) is 6.61. The molecule has 0 aliphatic carbocycles. The van der Waals surface area contributed by atoms with Crippen LogP contribution in [0.5, 0.6) is 0 Å². The lowest BCUT2D eigenvalue weighted by molar-refractivity contribution is 0.559. The summed E-state index contributed by atoms with van der Waals surface area (Å²) in [4.78, 5) is 4.10. The van der Waals surface area contributed by atoms with Crippen LogP contribution in [0.4, 0.5) is 5.13 Å². The minimum Gasteiger partial charge on any atom is -0.359 e. The van der Waals surface area contributed by atoms with Crippen molar-refractivity contribution in [3.05, 3.63) is 11.6 Å². The SMILES string of the molecule is O=S1(=O)CCC(Nc2nccs2)CC1. The molecule has 4 nitrogen and oxygen atoms in total. The summed E-state index contributed by atoms with van der Waals surface area (Å²) in [5.74, 6) is 0.603. The molecule has 1 fully saturated rings. The third kappa shape index (κ3) is 2.45. The zero-order chi connectivity index (χ0) is 10.0. The largest absolute Gasteiger partial charge is 0.359 e. The van der Waals surface area contributed by atoms with Crippen molar-refractivity contribution in [1.29, 1.82) is 0 Å². The summed E-state index contributed by atoms with van der Waals surface area (Å²) in [7, 11) is -2.75. The second-order valence-electron chi connectivity index (χ2n) is 3.41. The van der Waals surface area contributed by atoms with Crippen LogP contribution < -0.4 is 5.32 Å². The quantitative estimate of drug-likeness (QED) is 0.830. The fourth-order valence-electron chi connectivity index (χ4n) is 1.50. The van der Waals surface area contributed by atoms with Gasteiger partial charge in [0.05, 0.1) is 11.5 Å². The van der Waals surface area contributed by atoms with E-state index in [1.807, 2.05) is 5.38 Å². The predicted molar refractivity (Wildman–Crippen MR) is 57.4 cm³/mol. The molecular formula is C8H12N2O2S2. The van der Waals surface area contributed by atoms with Crippen molar-refractivity contribution in [2.45, 2.75) is 18.9 Å². The zero-order valence-corrected chi connectivity index (χ0v) is 9.27. The highest BCUT2D eigenvalue weighted by Crippen LogP contribution is 2.18. The standard InChI is InChI=1S/C8H12N2O2S2/c11-14(12)5-1-7(2-6-14)10-8-9-3-4-13-8/h3-4,7H,1-2,5-6H2,(H,9,10). The van der Waals surface area contributed by atoms with Crippen LogP contribution in [0.2, 0.25) is 0 Å². The summed E-state index contributed by atoms with van der Waals surface area (Å²) in [6.07, 6.45) is 3.14. The lowest BCUT2D eigenvalue weighted by Gasteiger charge is -2.22. The van der Waals surface area contributed by atoms with E-state index in [0.717, 1.165) is 5.13 Å². The van der Waals surface area contributed by atoms with Crippen LogP contribution in [0.3, 0.4) is 0 Å². The first-order valence-electron chi connectivity index (χ1n) is 4.52. The van der Waals surface area contributed by atoms with Crippen LogP contribution in [-0.4, -0.2) is 30.9 Å².